The summed E-state index contributed by atoms with van der Waals surface area (Å²) in [5, 5.41) is 10.6. The van der Waals surface area contributed by atoms with E-state index in [4.69, 9.17) is 4.74 Å². The van der Waals surface area contributed by atoms with Crippen LogP contribution in [0.4, 0.5) is 0 Å². The summed E-state index contributed by atoms with van der Waals surface area (Å²) in [5.41, 5.74) is 0. The van der Waals surface area contributed by atoms with Gasteiger partial charge in [-0.2, -0.15) is 0 Å². The van der Waals surface area contributed by atoms with E-state index in [1.807, 2.05) is 22.6 Å². The SMILES string of the molecule is Cc1nccn1CC(=O)N1CC[C@H](O)[C@@H](N(C)C2CCOCC2)CC1. The lowest BCUT2D eigenvalue weighted by atomic mass is 9.99. The zero-order chi connectivity index (χ0) is 17.8. The zero-order valence-corrected chi connectivity index (χ0v) is 15.3. The highest BCUT2D eigenvalue weighted by molar-refractivity contribution is 5.76. The Labute approximate surface area is 149 Å². The van der Waals surface area contributed by atoms with Crippen molar-refractivity contribution in [1.29, 1.82) is 0 Å². The first-order valence-corrected chi connectivity index (χ1v) is 9.29. The van der Waals surface area contributed by atoms with Gasteiger partial charge in [-0.3, -0.25) is 9.69 Å². The Balaban J connectivity index is 1.58. The summed E-state index contributed by atoms with van der Waals surface area (Å²) in [6.07, 6.45) is 6.64. The first-order chi connectivity index (χ1) is 12.1. The maximum Gasteiger partial charge on any atom is 0.242 e. The molecular weight excluding hydrogens is 320 g/mol. The molecule has 0 saturated carbocycles. The van der Waals surface area contributed by atoms with Gasteiger partial charge in [-0.15, -0.1) is 0 Å². The van der Waals surface area contributed by atoms with Crippen LogP contribution < -0.4 is 0 Å². The largest absolute Gasteiger partial charge is 0.391 e. The number of carbonyl (C=O) groups excluding carboxylic acids is 1. The van der Waals surface area contributed by atoms with Crippen molar-refractivity contribution >= 4 is 5.91 Å². The van der Waals surface area contributed by atoms with Crippen molar-refractivity contribution in [2.45, 2.75) is 57.3 Å². The summed E-state index contributed by atoms with van der Waals surface area (Å²) >= 11 is 0. The predicted molar refractivity (Wildman–Crippen MR) is 94.2 cm³/mol. The number of carbonyl (C=O) groups is 1. The maximum absolute atomic E-state index is 12.6. The van der Waals surface area contributed by atoms with Gasteiger partial charge in [0.05, 0.1) is 6.10 Å². The van der Waals surface area contributed by atoms with Crippen LogP contribution in [0, 0.1) is 6.92 Å². The Bertz CT molecular complexity index is 570. The zero-order valence-electron chi connectivity index (χ0n) is 15.3. The van der Waals surface area contributed by atoms with E-state index in [0.717, 1.165) is 38.3 Å². The second kappa shape index (κ2) is 8.29. The molecule has 0 aliphatic carbocycles. The van der Waals surface area contributed by atoms with E-state index in [1.165, 1.54) is 0 Å². The molecular formula is C18H30N4O3. The van der Waals surface area contributed by atoms with E-state index in [1.54, 1.807) is 6.20 Å². The molecule has 0 radical (unpaired) electrons. The van der Waals surface area contributed by atoms with Crippen LogP contribution >= 0.6 is 0 Å². The third-order valence-corrected chi connectivity index (χ3v) is 5.71. The number of likely N-dealkylation sites (tertiary alicyclic amines) is 1. The summed E-state index contributed by atoms with van der Waals surface area (Å²) < 4.78 is 7.32. The quantitative estimate of drug-likeness (QED) is 0.864. The average Bonchev–Trinajstić information content (AvgIpc) is 2.91. The monoisotopic (exact) mass is 350 g/mol. The molecule has 3 rings (SSSR count). The highest BCUT2D eigenvalue weighted by Gasteiger charge is 2.33. The molecule has 140 valence electrons. The summed E-state index contributed by atoms with van der Waals surface area (Å²) in [6.45, 7) is 5.13. The summed E-state index contributed by atoms with van der Waals surface area (Å²) in [7, 11) is 2.11. The molecule has 1 amide bonds. The number of likely N-dealkylation sites (N-methyl/N-ethyl adjacent to an activating group) is 1. The van der Waals surface area contributed by atoms with E-state index >= 15 is 0 Å². The van der Waals surface area contributed by atoms with Gasteiger partial charge in [-0.1, -0.05) is 0 Å². The fraction of sp³-hybridized carbons (Fsp3) is 0.778. The minimum absolute atomic E-state index is 0.0997. The highest BCUT2D eigenvalue weighted by atomic mass is 16.5. The van der Waals surface area contributed by atoms with Crippen LogP contribution in [0.3, 0.4) is 0 Å². The molecule has 0 aromatic carbocycles. The fourth-order valence-electron chi connectivity index (χ4n) is 3.98. The number of ether oxygens (including phenoxy) is 1. The summed E-state index contributed by atoms with van der Waals surface area (Å²) in [4.78, 5) is 21.0. The van der Waals surface area contributed by atoms with E-state index in [9.17, 15) is 9.90 Å². The molecule has 2 aliphatic heterocycles. The number of aliphatic hydroxyl groups excluding tert-OH is 1. The van der Waals surface area contributed by atoms with Gasteiger partial charge >= 0.3 is 0 Å². The van der Waals surface area contributed by atoms with E-state index < -0.39 is 0 Å². The molecule has 2 aliphatic rings. The number of hydrogen-bond donors (Lipinski definition) is 1. The van der Waals surface area contributed by atoms with E-state index in [-0.39, 0.29) is 18.1 Å². The number of aromatic nitrogens is 2. The van der Waals surface area contributed by atoms with Gasteiger partial charge in [0.25, 0.3) is 0 Å². The number of nitrogens with zero attached hydrogens (tertiary/aromatic N) is 4. The number of imidazole rings is 1. The lowest BCUT2D eigenvalue weighted by molar-refractivity contribution is -0.131. The van der Waals surface area contributed by atoms with Crippen LogP contribution in [0.2, 0.25) is 0 Å². The Morgan fingerprint density at radius 1 is 1.32 bits per heavy atom. The molecule has 7 heteroatoms. The van der Waals surface area contributed by atoms with Crippen LogP contribution in [-0.2, 0) is 16.1 Å². The maximum atomic E-state index is 12.6. The molecule has 3 heterocycles. The van der Waals surface area contributed by atoms with Crippen molar-refractivity contribution < 1.29 is 14.6 Å². The highest BCUT2D eigenvalue weighted by Crippen LogP contribution is 2.23. The van der Waals surface area contributed by atoms with Crippen molar-refractivity contribution in [3.8, 4) is 0 Å². The van der Waals surface area contributed by atoms with Gasteiger partial charge in [0.2, 0.25) is 5.91 Å². The first-order valence-electron chi connectivity index (χ1n) is 9.29. The number of aryl methyl sites for hydroxylation is 1. The number of hydrogen-bond acceptors (Lipinski definition) is 5. The van der Waals surface area contributed by atoms with Gasteiger partial charge in [0.15, 0.2) is 0 Å². The van der Waals surface area contributed by atoms with Crippen LogP contribution in [-0.4, -0.2) is 81.9 Å². The van der Waals surface area contributed by atoms with E-state index in [0.29, 0.717) is 32.1 Å². The molecule has 0 bridgehead atoms. The minimum Gasteiger partial charge on any atom is -0.391 e. The lowest BCUT2D eigenvalue weighted by Gasteiger charge is -2.38. The smallest absolute Gasteiger partial charge is 0.242 e. The molecule has 2 atom stereocenters. The summed E-state index contributed by atoms with van der Waals surface area (Å²) in [6, 6.07) is 0.570. The molecule has 2 fully saturated rings. The Morgan fingerprint density at radius 3 is 2.72 bits per heavy atom. The van der Waals surface area contributed by atoms with Crippen LogP contribution in [0.5, 0.6) is 0 Å². The average molecular weight is 350 g/mol. The molecule has 0 spiro atoms. The van der Waals surface area contributed by atoms with E-state index in [2.05, 4.69) is 16.9 Å². The second-order valence-corrected chi connectivity index (χ2v) is 7.20. The van der Waals surface area contributed by atoms with Gasteiger partial charge < -0.3 is 19.3 Å². The third kappa shape index (κ3) is 4.40. The third-order valence-electron chi connectivity index (χ3n) is 5.71. The Kier molecular flexibility index (Phi) is 6.09. The van der Waals surface area contributed by atoms with Crippen LogP contribution in [0.1, 0.15) is 31.5 Å². The normalized spacial score (nSPS) is 26.0. The lowest BCUT2D eigenvalue weighted by Crippen LogP contribution is -2.48. The molecule has 1 aromatic heterocycles. The van der Waals surface area contributed by atoms with Gasteiger partial charge in [-0.25, -0.2) is 4.98 Å². The minimum atomic E-state index is -0.388. The van der Waals surface area contributed by atoms with Crippen molar-refractivity contribution in [3.63, 3.8) is 0 Å². The molecule has 25 heavy (non-hydrogen) atoms. The predicted octanol–water partition coefficient (Wildman–Crippen LogP) is 0.654. The number of aliphatic hydroxyl groups is 1. The topological polar surface area (TPSA) is 70.8 Å². The molecule has 0 unspecified atom stereocenters. The Morgan fingerprint density at radius 2 is 2.04 bits per heavy atom. The number of amides is 1. The van der Waals surface area contributed by atoms with Gasteiger partial charge in [0, 0.05) is 50.8 Å². The van der Waals surface area contributed by atoms with Crippen molar-refractivity contribution in [2.75, 3.05) is 33.4 Å². The van der Waals surface area contributed by atoms with Crippen molar-refractivity contribution in [3.05, 3.63) is 18.2 Å². The van der Waals surface area contributed by atoms with Crippen LogP contribution in [0.25, 0.3) is 0 Å². The molecule has 2 saturated heterocycles. The molecule has 1 aromatic rings. The van der Waals surface area contributed by atoms with Gasteiger partial charge in [-0.05, 0) is 39.7 Å². The summed E-state index contributed by atoms with van der Waals surface area (Å²) in [5.74, 6) is 0.947. The molecule has 1 N–H and O–H groups in total. The fourth-order valence-corrected chi connectivity index (χ4v) is 3.98. The standard InChI is InChI=1S/C18H30N4O3/c1-14-19-7-10-22(14)13-18(24)21-8-3-16(17(23)4-9-21)20(2)15-5-11-25-12-6-15/h7,10,15-17,23H,3-6,8-9,11-13H2,1-2H3/t16-,17-/m0/s1. The van der Waals surface area contributed by atoms with Gasteiger partial charge in [0.1, 0.15) is 12.4 Å². The second-order valence-electron chi connectivity index (χ2n) is 7.20. The first kappa shape index (κ1) is 18.4. The number of rotatable bonds is 4. The van der Waals surface area contributed by atoms with Crippen LogP contribution in [0.15, 0.2) is 12.4 Å². The van der Waals surface area contributed by atoms with Crippen molar-refractivity contribution in [2.24, 2.45) is 0 Å². The molecule has 7 nitrogen and oxygen atoms in total. The Hall–Kier alpha value is -1.44. The van der Waals surface area contributed by atoms with Crippen molar-refractivity contribution in [1.82, 2.24) is 19.4 Å².